The predicted molar refractivity (Wildman–Crippen MR) is 138 cm³/mol. The van der Waals surface area contributed by atoms with E-state index < -0.39 is 0 Å². The molecule has 3 heterocycles. The molecule has 174 valence electrons. The van der Waals surface area contributed by atoms with E-state index >= 15 is 0 Å². The molecule has 6 rings (SSSR count). The molecule has 1 unspecified atom stereocenters. The van der Waals surface area contributed by atoms with Crippen molar-refractivity contribution in [2.75, 3.05) is 5.32 Å². The van der Waals surface area contributed by atoms with Crippen molar-refractivity contribution in [3.63, 3.8) is 0 Å². The molecule has 0 saturated carbocycles. The lowest BCUT2D eigenvalue weighted by Crippen LogP contribution is -2.37. The van der Waals surface area contributed by atoms with E-state index in [1.54, 1.807) is 23.7 Å². The first-order chi connectivity index (χ1) is 16.9. The van der Waals surface area contributed by atoms with Gasteiger partial charge in [0, 0.05) is 19.7 Å². The van der Waals surface area contributed by atoms with E-state index in [0.29, 0.717) is 10.9 Å². The van der Waals surface area contributed by atoms with Crippen molar-refractivity contribution in [1.29, 1.82) is 0 Å². The number of phenols is 1. The lowest BCUT2D eigenvalue weighted by molar-refractivity contribution is 0.475. The number of nitrogens with one attached hydrogen (secondary N) is 1. The molecule has 3 aromatic carbocycles. The largest absolute Gasteiger partial charge is 0.508 e. The lowest BCUT2D eigenvalue weighted by Gasteiger charge is -2.31. The summed E-state index contributed by atoms with van der Waals surface area (Å²) in [6.45, 7) is 2.03. The summed E-state index contributed by atoms with van der Waals surface area (Å²) in [4.78, 5) is 26.8. The summed E-state index contributed by atoms with van der Waals surface area (Å²) in [6, 6.07) is 22.6. The molecule has 0 bridgehead atoms. The number of aryl methyl sites for hydroxylation is 2. The highest BCUT2D eigenvalue weighted by Crippen LogP contribution is 2.45. The van der Waals surface area contributed by atoms with Crippen LogP contribution in [0.4, 0.5) is 5.69 Å². The Kier molecular flexibility index (Phi) is 4.51. The number of rotatable bonds is 2. The predicted octanol–water partition coefficient (Wildman–Crippen LogP) is 4.22. The van der Waals surface area contributed by atoms with Gasteiger partial charge in [-0.15, -0.1) is 0 Å². The Morgan fingerprint density at radius 1 is 0.857 bits per heavy atom. The van der Waals surface area contributed by atoms with Crippen molar-refractivity contribution in [1.82, 2.24) is 13.7 Å². The number of aromatic nitrogens is 3. The second kappa shape index (κ2) is 7.50. The number of benzene rings is 3. The zero-order chi connectivity index (χ0) is 24.4. The summed E-state index contributed by atoms with van der Waals surface area (Å²) in [6.07, 6.45) is 0. The molecule has 1 aliphatic rings. The maximum Gasteiger partial charge on any atom is 0.331 e. The van der Waals surface area contributed by atoms with Crippen molar-refractivity contribution < 1.29 is 5.11 Å². The summed E-state index contributed by atoms with van der Waals surface area (Å²) < 4.78 is 4.86. The van der Waals surface area contributed by atoms with Gasteiger partial charge in [-0.1, -0.05) is 48.5 Å². The van der Waals surface area contributed by atoms with E-state index in [4.69, 9.17) is 0 Å². The van der Waals surface area contributed by atoms with Crippen LogP contribution in [0.3, 0.4) is 0 Å². The van der Waals surface area contributed by atoms with Crippen molar-refractivity contribution in [3.05, 3.63) is 110 Å². The number of nitrogens with zero attached hydrogens (tertiary/aromatic N) is 3. The van der Waals surface area contributed by atoms with Gasteiger partial charge >= 0.3 is 5.69 Å². The molecule has 1 aliphatic heterocycles. The average molecular weight is 465 g/mol. The molecular weight excluding hydrogens is 440 g/mol. The van der Waals surface area contributed by atoms with Gasteiger partial charge in [0.05, 0.1) is 39.7 Å². The summed E-state index contributed by atoms with van der Waals surface area (Å²) >= 11 is 0. The first-order valence-corrected chi connectivity index (χ1v) is 11.4. The molecule has 35 heavy (non-hydrogen) atoms. The van der Waals surface area contributed by atoms with Gasteiger partial charge in [-0.05, 0) is 42.3 Å². The molecule has 0 amide bonds. The van der Waals surface area contributed by atoms with Crippen molar-refractivity contribution in [2.24, 2.45) is 14.1 Å². The van der Waals surface area contributed by atoms with Gasteiger partial charge < -0.3 is 15.0 Å². The number of hydrogen-bond donors (Lipinski definition) is 2. The summed E-state index contributed by atoms with van der Waals surface area (Å²) in [7, 11) is 3.23. The van der Waals surface area contributed by atoms with Crippen LogP contribution in [-0.4, -0.2) is 18.8 Å². The molecule has 1 atom stereocenters. The molecule has 0 spiro atoms. The van der Waals surface area contributed by atoms with Crippen LogP contribution in [0.1, 0.15) is 22.9 Å². The Hall–Kier alpha value is -4.52. The van der Waals surface area contributed by atoms with Crippen molar-refractivity contribution >= 4 is 16.6 Å². The SMILES string of the molecule is Cc1ccccc1-c1c2c(=O)n(C)c(=O)n(C)c2c2n1-c1ccccc1NC2c1ccc(O)cc1. The van der Waals surface area contributed by atoms with E-state index in [9.17, 15) is 14.7 Å². The van der Waals surface area contributed by atoms with Crippen molar-refractivity contribution in [3.8, 4) is 22.7 Å². The highest BCUT2D eigenvalue weighted by atomic mass is 16.3. The van der Waals surface area contributed by atoms with E-state index in [2.05, 4.69) is 9.88 Å². The second-order valence-corrected chi connectivity index (χ2v) is 9.00. The smallest absolute Gasteiger partial charge is 0.331 e. The third-order valence-electron chi connectivity index (χ3n) is 6.95. The Morgan fingerprint density at radius 3 is 2.29 bits per heavy atom. The minimum atomic E-state index is -0.379. The fraction of sp³-hybridized carbons (Fsp3) is 0.143. The Balaban J connectivity index is 1.88. The van der Waals surface area contributed by atoms with Crippen LogP contribution in [0.5, 0.6) is 5.75 Å². The van der Waals surface area contributed by atoms with Gasteiger partial charge in [-0.2, -0.15) is 0 Å². The normalized spacial score (nSPS) is 14.4. The highest BCUT2D eigenvalue weighted by molar-refractivity contribution is 5.99. The quantitative estimate of drug-likeness (QED) is 0.410. The van der Waals surface area contributed by atoms with E-state index in [1.807, 2.05) is 67.6 Å². The van der Waals surface area contributed by atoms with Crippen LogP contribution in [0.2, 0.25) is 0 Å². The first kappa shape index (κ1) is 21.0. The number of phenolic OH excluding ortho intramolecular Hbond substituents is 1. The molecule has 2 N–H and O–H groups in total. The van der Waals surface area contributed by atoms with Gasteiger partial charge in [-0.25, -0.2) is 4.79 Å². The molecule has 7 heteroatoms. The summed E-state index contributed by atoms with van der Waals surface area (Å²) in [5, 5.41) is 14.0. The fourth-order valence-electron chi connectivity index (χ4n) is 5.23. The van der Waals surface area contributed by atoms with E-state index in [-0.39, 0.29) is 23.0 Å². The molecule has 0 radical (unpaired) electrons. The zero-order valence-corrected chi connectivity index (χ0v) is 19.6. The van der Waals surface area contributed by atoms with E-state index in [0.717, 1.165) is 39.5 Å². The van der Waals surface area contributed by atoms with Gasteiger partial charge in [0.25, 0.3) is 5.56 Å². The Bertz CT molecular complexity index is 1760. The minimum absolute atomic E-state index is 0.173. The van der Waals surface area contributed by atoms with Gasteiger partial charge in [0.15, 0.2) is 0 Å². The Morgan fingerprint density at radius 2 is 1.54 bits per heavy atom. The molecule has 0 aliphatic carbocycles. The topological polar surface area (TPSA) is 81.2 Å². The fourth-order valence-corrected chi connectivity index (χ4v) is 5.23. The van der Waals surface area contributed by atoms with Crippen LogP contribution in [0.25, 0.3) is 27.8 Å². The maximum absolute atomic E-state index is 13.7. The zero-order valence-electron chi connectivity index (χ0n) is 19.6. The third kappa shape index (κ3) is 2.91. The van der Waals surface area contributed by atoms with Crippen molar-refractivity contribution in [2.45, 2.75) is 13.0 Å². The van der Waals surface area contributed by atoms with Gasteiger partial charge in [0.2, 0.25) is 0 Å². The van der Waals surface area contributed by atoms with Crippen LogP contribution in [0, 0.1) is 6.92 Å². The number of para-hydroxylation sites is 2. The van der Waals surface area contributed by atoms with Gasteiger partial charge in [0.1, 0.15) is 5.75 Å². The number of fused-ring (bicyclic) bond motifs is 5. The second-order valence-electron chi connectivity index (χ2n) is 9.00. The van der Waals surface area contributed by atoms with Gasteiger partial charge in [-0.3, -0.25) is 13.9 Å². The molecule has 7 nitrogen and oxygen atoms in total. The molecular formula is C28H24N4O3. The number of anilines is 1. The standard InChI is InChI=1S/C28H24N4O3/c1-16-8-4-5-9-19(16)24-22-25(30(2)28(35)31(3)27(22)34)26-23(17-12-14-18(33)15-13-17)29-20-10-6-7-11-21(20)32(24)26/h4-15,23,29,33H,1-3H3. The van der Waals surface area contributed by atoms with Crippen LogP contribution in [0.15, 0.2) is 82.4 Å². The minimum Gasteiger partial charge on any atom is -0.508 e. The number of hydrogen-bond acceptors (Lipinski definition) is 4. The average Bonchev–Trinajstić information content (AvgIpc) is 3.23. The van der Waals surface area contributed by atoms with E-state index in [1.165, 1.54) is 11.6 Å². The Labute approximate surface area is 201 Å². The lowest BCUT2D eigenvalue weighted by atomic mass is 9.99. The third-order valence-corrected chi connectivity index (χ3v) is 6.95. The van der Waals surface area contributed by atoms with Crippen LogP contribution >= 0.6 is 0 Å². The molecule has 0 saturated heterocycles. The molecule has 0 fully saturated rings. The summed E-state index contributed by atoms with van der Waals surface area (Å²) in [5.41, 5.74) is 6.14. The van der Waals surface area contributed by atoms with Crippen LogP contribution < -0.4 is 16.6 Å². The first-order valence-electron chi connectivity index (χ1n) is 11.4. The molecule has 5 aromatic rings. The summed E-state index contributed by atoms with van der Waals surface area (Å²) in [5.74, 6) is 0.173. The number of aromatic hydroxyl groups is 1. The molecule has 2 aromatic heterocycles. The van der Waals surface area contributed by atoms with Crippen LogP contribution in [-0.2, 0) is 14.1 Å². The monoisotopic (exact) mass is 464 g/mol. The highest BCUT2D eigenvalue weighted by Gasteiger charge is 2.34. The maximum atomic E-state index is 13.7.